The molecule has 0 saturated carbocycles. The minimum atomic E-state index is -0.0635. The van der Waals surface area contributed by atoms with Gasteiger partial charge in [0.1, 0.15) is 5.01 Å². The van der Waals surface area contributed by atoms with E-state index in [1.807, 2.05) is 49.9 Å². The molecule has 3 rings (SSSR count). The highest BCUT2D eigenvalue weighted by Crippen LogP contribution is 2.23. The van der Waals surface area contributed by atoms with Gasteiger partial charge < -0.3 is 15.1 Å². The molecular weight excluding hydrogens is 394 g/mol. The predicted octanol–water partition coefficient (Wildman–Crippen LogP) is 2.88. The summed E-state index contributed by atoms with van der Waals surface area (Å²) >= 11 is 2.88. The van der Waals surface area contributed by atoms with Gasteiger partial charge in [0.15, 0.2) is 4.34 Å². The number of anilines is 2. The van der Waals surface area contributed by atoms with Crippen molar-refractivity contribution in [2.75, 3.05) is 42.1 Å². The lowest BCUT2D eigenvalue weighted by atomic mass is 10.1. The molecule has 0 spiro atoms. The Morgan fingerprint density at radius 3 is 2.39 bits per heavy atom. The van der Waals surface area contributed by atoms with Crippen LogP contribution in [0.3, 0.4) is 0 Å². The largest absolute Gasteiger partial charge is 0.368 e. The summed E-state index contributed by atoms with van der Waals surface area (Å²) in [7, 11) is 0. The van der Waals surface area contributed by atoms with Crippen LogP contribution >= 0.6 is 23.1 Å². The summed E-state index contributed by atoms with van der Waals surface area (Å²) in [4.78, 5) is 28.4. The van der Waals surface area contributed by atoms with Gasteiger partial charge in [-0.1, -0.05) is 36.9 Å². The van der Waals surface area contributed by atoms with Crippen LogP contribution in [0.4, 0.5) is 11.4 Å². The lowest BCUT2D eigenvalue weighted by Crippen LogP contribution is -2.49. The van der Waals surface area contributed by atoms with Crippen LogP contribution in [0.2, 0.25) is 0 Å². The zero-order chi connectivity index (χ0) is 20.1. The Balaban J connectivity index is 1.47. The van der Waals surface area contributed by atoms with E-state index in [-0.39, 0.29) is 17.7 Å². The Labute approximate surface area is 173 Å². The van der Waals surface area contributed by atoms with Crippen LogP contribution in [0.5, 0.6) is 0 Å². The number of rotatable bonds is 6. The van der Waals surface area contributed by atoms with Gasteiger partial charge in [-0.25, -0.2) is 0 Å². The monoisotopic (exact) mass is 419 g/mol. The summed E-state index contributed by atoms with van der Waals surface area (Å²) in [5.41, 5.74) is 1.88. The van der Waals surface area contributed by atoms with Gasteiger partial charge in [-0.2, -0.15) is 0 Å². The molecule has 2 heterocycles. The summed E-state index contributed by atoms with van der Waals surface area (Å²) in [5, 5.41) is 11.8. The number of piperazine rings is 1. The van der Waals surface area contributed by atoms with E-state index >= 15 is 0 Å². The molecule has 1 saturated heterocycles. The predicted molar refractivity (Wildman–Crippen MR) is 114 cm³/mol. The molecule has 0 bridgehead atoms. The molecule has 1 aliphatic heterocycles. The molecule has 0 radical (unpaired) electrons. The van der Waals surface area contributed by atoms with Gasteiger partial charge in [0.25, 0.3) is 0 Å². The lowest BCUT2D eigenvalue weighted by Gasteiger charge is -2.37. The number of carbonyl (C=O) groups excluding carboxylic acids is 2. The zero-order valence-corrected chi connectivity index (χ0v) is 18.0. The summed E-state index contributed by atoms with van der Waals surface area (Å²) < 4.78 is 0.804. The van der Waals surface area contributed by atoms with Crippen molar-refractivity contribution in [3.8, 4) is 0 Å². The standard InChI is InChI=1S/C19H25N5O2S2/c1-13(2)18(26)24-10-8-23(9-11-24)16-6-4-15(5-7-16)20-17(25)12-27-19-22-21-14(3)28-19/h4-7,13H,8-12H2,1-3H3,(H,20,25). The highest BCUT2D eigenvalue weighted by Gasteiger charge is 2.22. The molecule has 2 aromatic rings. The highest BCUT2D eigenvalue weighted by molar-refractivity contribution is 8.01. The van der Waals surface area contributed by atoms with Crippen molar-refractivity contribution in [3.05, 3.63) is 29.3 Å². The average molecular weight is 420 g/mol. The van der Waals surface area contributed by atoms with Crippen LogP contribution in [-0.2, 0) is 9.59 Å². The zero-order valence-electron chi connectivity index (χ0n) is 16.3. The molecule has 1 fully saturated rings. The first-order valence-electron chi connectivity index (χ1n) is 9.29. The van der Waals surface area contributed by atoms with E-state index in [9.17, 15) is 9.59 Å². The minimum absolute atomic E-state index is 0.0449. The van der Waals surface area contributed by atoms with Crippen molar-refractivity contribution in [2.45, 2.75) is 25.1 Å². The molecule has 0 unspecified atom stereocenters. The number of benzene rings is 1. The van der Waals surface area contributed by atoms with Crippen LogP contribution in [0.15, 0.2) is 28.6 Å². The first-order valence-corrected chi connectivity index (χ1v) is 11.1. The summed E-state index contributed by atoms with van der Waals surface area (Å²) in [6.45, 7) is 8.91. The van der Waals surface area contributed by atoms with Crippen LogP contribution in [-0.4, -0.2) is 58.8 Å². The summed E-state index contributed by atoms with van der Waals surface area (Å²) in [6.07, 6.45) is 0. The Morgan fingerprint density at radius 1 is 1.14 bits per heavy atom. The van der Waals surface area contributed by atoms with Crippen molar-refractivity contribution >= 4 is 46.3 Å². The third-order valence-electron chi connectivity index (χ3n) is 4.44. The molecule has 1 aromatic carbocycles. The number of amides is 2. The number of carbonyl (C=O) groups is 2. The van der Waals surface area contributed by atoms with Crippen molar-refractivity contribution < 1.29 is 9.59 Å². The van der Waals surface area contributed by atoms with Gasteiger partial charge in [0, 0.05) is 43.5 Å². The molecule has 1 aromatic heterocycles. The number of aryl methyl sites for hydroxylation is 1. The molecule has 150 valence electrons. The van der Waals surface area contributed by atoms with Gasteiger partial charge in [0.2, 0.25) is 11.8 Å². The van der Waals surface area contributed by atoms with Gasteiger partial charge in [-0.05, 0) is 31.2 Å². The third kappa shape index (κ3) is 5.45. The molecule has 1 aliphatic rings. The Kier molecular flexibility index (Phi) is 6.90. The normalized spacial score (nSPS) is 14.4. The van der Waals surface area contributed by atoms with Crippen LogP contribution in [0, 0.1) is 12.8 Å². The first kappa shape index (κ1) is 20.6. The number of nitrogens with zero attached hydrogens (tertiary/aromatic N) is 4. The fourth-order valence-corrected chi connectivity index (χ4v) is 4.58. The highest BCUT2D eigenvalue weighted by atomic mass is 32.2. The van der Waals surface area contributed by atoms with Gasteiger partial charge in [-0.3, -0.25) is 9.59 Å². The van der Waals surface area contributed by atoms with Crippen LogP contribution in [0.1, 0.15) is 18.9 Å². The Morgan fingerprint density at radius 2 is 1.82 bits per heavy atom. The SMILES string of the molecule is Cc1nnc(SCC(=O)Nc2ccc(N3CCN(C(=O)C(C)C)CC3)cc2)s1. The van der Waals surface area contributed by atoms with Gasteiger partial charge in [-0.15, -0.1) is 10.2 Å². The summed E-state index contributed by atoms with van der Waals surface area (Å²) in [6, 6.07) is 7.85. The second kappa shape index (κ2) is 9.38. The molecule has 2 amide bonds. The molecular formula is C19H25N5O2S2. The number of hydrogen-bond acceptors (Lipinski definition) is 7. The average Bonchev–Trinajstić information content (AvgIpc) is 3.12. The van der Waals surface area contributed by atoms with Gasteiger partial charge >= 0.3 is 0 Å². The van der Waals surface area contributed by atoms with E-state index in [0.29, 0.717) is 5.75 Å². The second-order valence-electron chi connectivity index (χ2n) is 6.94. The molecule has 0 aliphatic carbocycles. The van der Waals surface area contributed by atoms with Crippen molar-refractivity contribution in [1.82, 2.24) is 15.1 Å². The van der Waals surface area contributed by atoms with Crippen LogP contribution in [0.25, 0.3) is 0 Å². The molecule has 7 nitrogen and oxygen atoms in total. The van der Waals surface area contributed by atoms with E-state index in [2.05, 4.69) is 20.4 Å². The summed E-state index contributed by atoms with van der Waals surface area (Å²) in [5.74, 6) is 0.511. The molecule has 28 heavy (non-hydrogen) atoms. The topological polar surface area (TPSA) is 78.4 Å². The fraction of sp³-hybridized carbons (Fsp3) is 0.474. The maximum atomic E-state index is 12.1. The van der Waals surface area contributed by atoms with Crippen molar-refractivity contribution in [2.24, 2.45) is 5.92 Å². The van der Waals surface area contributed by atoms with Crippen LogP contribution < -0.4 is 10.2 Å². The van der Waals surface area contributed by atoms with Gasteiger partial charge in [0.05, 0.1) is 5.75 Å². The van der Waals surface area contributed by atoms with Crippen molar-refractivity contribution in [1.29, 1.82) is 0 Å². The minimum Gasteiger partial charge on any atom is -0.368 e. The Bertz CT molecular complexity index is 814. The Hall–Kier alpha value is -2.13. The van der Waals surface area contributed by atoms with E-state index < -0.39 is 0 Å². The van der Waals surface area contributed by atoms with E-state index in [0.717, 1.165) is 46.9 Å². The molecule has 9 heteroatoms. The first-order chi connectivity index (χ1) is 13.4. The number of hydrogen-bond donors (Lipinski definition) is 1. The molecule has 1 N–H and O–H groups in total. The maximum Gasteiger partial charge on any atom is 0.234 e. The smallest absolute Gasteiger partial charge is 0.234 e. The lowest BCUT2D eigenvalue weighted by molar-refractivity contribution is -0.134. The quantitative estimate of drug-likeness (QED) is 0.726. The second-order valence-corrected chi connectivity index (χ2v) is 9.34. The number of thioether (sulfide) groups is 1. The molecule has 0 atom stereocenters. The van der Waals surface area contributed by atoms with E-state index in [1.165, 1.54) is 23.1 Å². The number of nitrogens with one attached hydrogen (secondary N) is 1. The van der Waals surface area contributed by atoms with Crippen molar-refractivity contribution in [3.63, 3.8) is 0 Å². The van der Waals surface area contributed by atoms with E-state index in [4.69, 9.17) is 0 Å². The number of aromatic nitrogens is 2. The maximum absolute atomic E-state index is 12.1. The third-order valence-corrected chi connectivity index (χ3v) is 6.41. The van der Waals surface area contributed by atoms with E-state index in [1.54, 1.807) is 0 Å². The fourth-order valence-electron chi connectivity index (χ4n) is 2.97.